The van der Waals surface area contributed by atoms with E-state index in [1.165, 1.54) is 30.4 Å². The van der Waals surface area contributed by atoms with E-state index in [1.807, 2.05) is 6.07 Å². The van der Waals surface area contributed by atoms with Gasteiger partial charge in [0.05, 0.1) is 12.8 Å². The predicted octanol–water partition coefficient (Wildman–Crippen LogP) is 3.79. The summed E-state index contributed by atoms with van der Waals surface area (Å²) in [4.78, 5) is 39.6. The molecular weight excluding hydrogens is 542 g/mol. The van der Waals surface area contributed by atoms with Crippen LogP contribution in [-0.4, -0.2) is 36.8 Å². The van der Waals surface area contributed by atoms with E-state index in [0.717, 1.165) is 0 Å². The zero-order valence-corrected chi connectivity index (χ0v) is 20.5. The number of phenols is 2. The van der Waals surface area contributed by atoms with Crippen LogP contribution in [0.25, 0.3) is 59.9 Å². The first-order chi connectivity index (χ1) is 17.8. The van der Waals surface area contributed by atoms with Gasteiger partial charge < -0.3 is 20.7 Å². The van der Waals surface area contributed by atoms with E-state index < -0.39 is 10.9 Å². The third-order valence-corrected chi connectivity index (χ3v) is 7.58. The Morgan fingerprint density at radius 2 is 1.59 bits per heavy atom. The van der Waals surface area contributed by atoms with Gasteiger partial charge in [0.15, 0.2) is 22.7 Å². The molecule has 4 N–H and O–H groups in total. The van der Waals surface area contributed by atoms with Gasteiger partial charge in [-0.1, -0.05) is 24.3 Å². The molecule has 2 aromatic heterocycles. The van der Waals surface area contributed by atoms with Gasteiger partial charge in [0.25, 0.3) is 0 Å². The average Bonchev–Trinajstić information content (AvgIpc) is 3.34. The summed E-state index contributed by atoms with van der Waals surface area (Å²) >= 11 is 3.22. The number of fused-ring (bicyclic) bond motifs is 1. The van der Waals surface area contributed by atoms with Crippen LogP contribution in [0.4, 0.5) is 5.82 Å². The Kier molecular flexibility index (Phi) is 4.15. The van der Waals surface area contributed by atoms with Gasteiger partial charge in [0.1, 0.15) is 28.6 Å². The van der Waals surface area contributed by atoms with E-state index in [2.05, 4.69) is 30.9 Å². The lowest BCUT2D eigenvalue weighted by Gasteiger charge is -2.20. The van der Waals surface area contributed by atoms with Crippen LogP contribution < -0.4 is 21.3 Å². The maximum atomic E-state index is 13.6. The number of hydrogen-bond acceptors (Lipinski definition) is 9. The zero-order valence-electron chi connectivity index (χ0n) is 18.9. The Bertz CT molecular complexity index is 2230. The SMILES string of the molecule is COc1c(Br)c(=O)c2c(c1=O)c1c3ccccc3c2c2c(O)cc(-n3cnc4c(N)ncnc43)c(O)c21. The van der Waals surface area contributed by atoms with Crippen molar-refractivity contribution in [2.75, 3.05) is 12.8 Å². The molecule has 0 saturated heterocycles. The van der Waals surface area contributed by atoms with Crippen LogP contribution in [0.15, 0.2) is 57.0 Å². The van der Waals surface area contributed by atoms with Gasteiger partial charge in [0.2, 0.25) is 10.9 Å². The summed E-state index contributed by atoms with van der Waals surface area (Å²) in [5.41, 5.74) is 5.78. The minimum Gasteiger partial charge on any atom is -0.507 e. The molecule has 6 aromatic carbocycles. The van der Waals surface area contributed by atoms with Crippen molar-refractivity contribution in [2.45, 2.75) is 0 Å². The van der Waals surface area contributed by atoms with Gasteiger partial charge in [-0.3, -0.25) is 14.2 Å². The minimum absolute atomic E-state index is 0.000853. The molecule has 0 saturated carbocycles. The number of nitrogen functional groups attached to an aromatic ring is 1. The van der Waals surface area contributed by atoms with E-state index in [9.17, 15) is 19.8 Å². The van der Waals surface area contributed by atoms with E-state index in [-0.39, 0.29) is 54.8 Å². The van der Waals surface area contributed by atoms with Crippen LogP contribution >= 0.6 is 15.9 Å². The number of halogens is 1. The van der Waals surface area contributed by atoms with Crippen molar-refractivity contribution in [1.29, 1.82) is 0 Å². The molecule has 8 rings (SSSR count). The zero-order chi connectivity index (χ0) is 25.7. The normalized spacial score (nSPS) is 12.1. The van der Waals surface area contributed by atoms with Crippen LogP contribution in [-0.2, 0) is 0 Å². The molecule has 0 atom stereocenters. The standard InChI is InChI=1S/C26H14BrN5O5/c1-37-24-19(27)22(35)17-13-9-4-2-3-5-10(9)14(18(17)23(24)36)16-15(13)12(33)6-11(21(16)34)32-8-31-20-25(28)29-7-30-26(20)32/h2-8,33-34H,1H3,(H2,28,29,30). The quantitative estimate of drug-likeness (QED) is 0.213. The van der Waals surface area contributed by atoms with Gasteiger partial charge in [-0.05, 0) is 26.7 Å². The van der Waals surface area contributed by atoms with Gasteiger partial charge in [-0.15, -0.1) is 0 Å². The number of aromatic nitrogens is 4. The molecule has 0 aliphatic carbocycles. The molecule has 0 aliphatic rings. The predicted molar refractivity (Wildman–Crippen MR) is 144 cm³/mol. The Balaban J connectivity index is 1.79. The third kappa shape index (κ3) is 2.50. The summed E-state index contributed by atoms with van der Waals surface area (Å²) in [5, 5.41) is 25.8. The molecular formula is C26H14BrN5O5. The smallest absolute Gasteiger partial charge is 0.230 e. The number of nitrogens with zero attached hydrogens (tertiary/aromatic N) is 4. The number of ether oxygens (including phenoxy) is 1. The van der Waals surface area contributed by atoms with Crippen molar-refractivity contribution in [1.82, 2.24) is 19.5 Å². The molecule has 10 nitrogen and oxygen atoms in total. The van der Waals surface area contributed by atoms with Gasteiger partial charge >= 0.3 is 0 Å². The highest BCUT2D eigenvalue weighted by atomic mass is 79.9. The van der Waals surface area contributed by atoms with E-state index in [0.29, 0.717) is 32.7 Å². The molecule has 0 aliphatic heterocycles. The molecule has 0 unspecified atom stereocenters. The van der Waals surface area contributed by atoms with E-state index in [4.69, 9.17) is 10.5 Å². The topological polar surface area (TPSA) is 153 Å². The molecule has 2 heterocycles. The number of aromatic hydroxyl groups is 2. The fourth-order valence-corrected chi connectivity index (χ4v) is 5.91. The fourth-order valence-electron chi connectivity index (χ4n) is 5.37. The van der Waals surface area contributed by atoms with Crippen molar-refractivity contribution >= 4 is 76.0 Å². The summed E-state index contributed by atoms with van der Waals surface area (Å²) in [6.07, 6.45) is 2.68. The second kappa shape index (κ2) is 7.14. The van der Waals surface area contributed by atoms with Crippen molar-refractivity contribution in [3.8, 4) is 22.9 Å². The van der Waals surface area contributed by atoms with E-state index >= 15 is 0 Å². The second-order valence-corrected chi connectivity index (χ2v) is 9.40. The van der Waals surface area contributed by atoms with Crippen LogP contribution in [0, 0.1) is 0 Å². The fraction of sp³-hybridized carbons (Fsp3) is 0.0385. The molecule has 2 bridgehead atoms. The molecule has 0 fully saturated rings. The van der Waals surface area contributed by atoms with Crippen LogP contribution in [0.5, 0.6) is 17.2 Å². The average molecular weight is 556 g/mol. The molecule has 0 amide bonds. The Morgan fingerprint density at radius 3 is 2.30 bits per heavy atom. The lowest BCUT2D eigenvalue weighted by atomic mass is 9.84. The highest BCUT2D eigenvalue weighted by Gasteiger charge is 2.29. The summed E-state index contributed by atoms with van der Waals surface area (Å²) in [5.74, 6) is -0.395. The van der Waals surface area contributed by atoms with Crippen molar-refractivity contribution in [2.24, 2.45) is 0 Å². The number of methoxy groups -OCH3 is 1. The number of imidazole rings is 1. The monoisotopic (exact) mass is 555 g/mol. The molecule has 11 heteroatoms. The Morgan fingerprint density at radius 1 is 0.919 bits per heavy atom. The summed E-state index contributed by atoms with van der Waals surface area (Å²) in [6.45, 7) is 0. The van der Waals surface area contributed by atoms with Crippen LogP contribution in [0.3, 0.4) is 0 Å². The first-order valence-corrected chi connectivity index (χ1v) is 11.8. The summed E-state index contributed by atoms with van der Waals surface area (Å²) < 4.78 is 6.75. The molecule has 0 spiro atoms. The highest BCUT2D eigenvalue weighted by Crippen LogP contribution is 2.51. The van der Waals surface area contributed by atoms with E-state index in [1.54, 1.807) is 18.2 Å². The highest BCUT2D eigenvalue weighted by molar-refractivity contribution is 9.10. The lowest BCUT2D eigenvalue weighted by Crippen LogP contribution is -2.17. The van der Waals surface area contributed by atoms with Crippen molar-refractivity contribution in [3.05, 3.63) is 67.9 Å². The van der Waals surface area contributed by atoms with Crippen molar-refractivity contribution in [3.63, 3.8) is 0 Å². The Hall–Kier alpha value is -4.77. The lowest BCUT2D eigenvalue weighted by molar-refractivity contribution is 0.408. The first kappa shape index (κ1) is 21.5. The van der Waals surface area contributed by atoms with Crippen molar-refractivity contribution < 1.29 is 14.9 Å². The number of phenolic OH excluding ortho intramolecular Hbond substituents is 2. The minimum atomic E-state index is -0.505. The molecule has 8 aromatic rings. The summed E-state index contributed by atoms with van der Waals surface area (Å²) in [6, 6.07) is 8.59. The number of nitrogens with two attached hydrogens (primary N) is 1. The van der Waals surface area contributed by atoms with Gasteiger partial charge in [-0.2, -0.15) is 0 Å². The molecule has 0 radical (unpaired) electrons. The number of benzene rings is 6. The number of rotatable bonds is 2. The third-order valence-electron chi connectivity index (χ3n) is 6.86. The number of hydrogen-bond donors (Lipinski definition) is 3. The van der Waals surface area contributed by atoms with Gasteiger partial charge in [-0.25, -0.2) is 15.0 Å². The van der Waals surface area contributed by atoms with Crippen LogP contribution in [0.1, 0.15) is 0 Å². The largest absolute Gasteiger partial charge is 0.507 e. The maximum Gasteiger partial charge on any atom is 0.230 e. The molecule has 180 valence electrons. The maximum absolute atomic E-state index is 13.6. The van der Waals surface area contributed by atoms with Gasteiger partial charge in [0, 0.05) is 38.4 Å². The molecule has 37 heavy (non-hydrogen) atoms. The first-order valence-electron chi connectivity index (χ1n) is 11.0. The summed E-state index contributed by atoms with van der Waals surface area (Å²) in [7, 11) is 1.31. The second-order valence-electron chi connectivity index (χ2n) is 8.61. The van der Waals surface area contributed by atoms with Crippen LogP contribution in [0.2, 0.25) is 0 Å². The Labute approximate surface area is 214 Å². The number of anilines is 1.